The standard InChI is InChI=1S/C10H19N2O3P/c1-3-4-5-6-7-12-9-8-11(2)10(12)15-16(13)14/h8-10H,3-7H2,1-2H3. The number of rotatable bonds is 7. The zero-order valence-corrected chi connectivity index (χ0v) is 10.7. The van der Waals surface area contributed by atoms with Gasteiger partial charge in [0.05, 0.1) is 0 Å². The number of hydrogen-bond donors (Lipinski definition) is 0. The van der Waals surface area contributed by atoms with Crippen molar-refractivity contribution in [2.75, 3.05) is 13.6 Å². The SMILES string of the molecule is CCCCCCN1C=CN(C)C1OP(=O)=O. The average Bonchev–Trinajstić information content (AvgIpc) is 2.56. The van der Waals surface area contributed by atoms with Crippen molar-refractivity contribution in [2.24, 2.45) is 0 Å². The molecule has 0 saturated heterocycles. The van der Waals surface area contributed by atoms with E-state index in [1.165, 1.54) is 19.3 Å². The van der Waals surface area contributed by atoms with E-state index in [4.69, 9.17) is 4.52 Å². The predicted molar refractivity (Wildman–Crippen MR) is 60.9 cm³/mol. The van der Waals surface area contributed by atoms with E-state index in [9.17, 15) is 9.13 Å². The highest BCUT2D eigenvalue weighted by Crippen LogP contribution is 2.22. The number of nitrogens with zero attached hydrogens (tertiary/aromatic N) is 2. The van der Waals surface area contributed by atoms with Crippen LogP contribution >= 0.6 is 7.91 Å². The third kappa shape index (κ3) is 3.99. The van der Waals surface area contributed by atoms with Gasteiger partial charge in [0.2, 0.25) is 6.35 Å². The van der Waals surface area contributed by atoms with Crippen LogP contribution in [0, 0.1) is 0 Å². The predicted octanol–water partition coefficient (Wildman–Crippen LogP) is 2.67. The molecule has 5 nitrogen and oxygen atoms in total. The first-order chi connectivity index (χ1) is 7.65. The van der Waals surface area contributed by atoms with E-state index in [1.54, 1.807) is 11.9 Å². The zero-order valence-electron chi connectivity index (χ0n) is 9.83. The monoisotopic (exact) mass is 246 g/mol. The van der Waals surface area contributed by atoms with Gasteiger partial charge in [0.15, 0.2) is 0 Å². The summed E-state index contributed by atoms with van der Waals surface area (Å²) in [6, 6.07) is 0. The Labute approximate surface area is 97.0 Å². The van der Waals surface area contributed by atoms with Crippen LogP contribution in [0.1, 0.15) is 32.6 Å². The summed E-state index contributed by atoms with van der Waals surface area (Å²) in [6.45, 7) is 2.99. The lowest BCUT2D eigenvalue weighted by Crippen LogP contribution is -2.37. The Hall–Kier alpha value is -0.800. The third-order valence-corrected chi connectivity index (χ3v) is 2.94. The van der Waals surface area contributed by atoms with E-state index in [1.807, 2.05) is 17.3 Å². The minimum Gasteiger partial charge on any atom is -0.336 e. The fourth-order valence-electron chi connectivity index (χ4n) is 1.69. The van der Waals surface area contributed by atoms with Gasteiger partial charge in [0.25, 0.3) is 0 Å². The Kier molecular flexibility index (Phi) is 5.56. The Bertz CT molecular complexity index is 296. The van der Waals surface area contributed by atoms with Gasteiger partial charge in [-0.1, -0.05) is 26.2 Å². The molecule has 1 rings (SSSR count). The van der Waals surface area contributed by atoms with Crippen LogP contribution in [0.15, 0.2) is 12.4 Å². The fraction of sp³-hybridized carbons (Fsp3) is 0.800. The van der Waals surface area contributed by atoms with Gasteiger partial charge in [0, 0.05) is 26.0 Å². The van der Waals surface area contributed by atoms with Crippen LogP contribution in [0.2, 0.25) is 0 Å². The van der Waals surface area contributed by atoms with E-state index < -0.39 is 14.3 Å². The summed E-state index contributed by atoms with van der Waals surface area (Å²) in [4.78, 5) is 3.64. The van der Waals surface area contributed by atoms with E-state index in [2.05, 4.69) is 6.92 Å². The molecule has 0 N–H and O–H groups in total. The van der Waals surface area contributed by atoms with E-state index in [0.29, 0.717) is 0 Å². The summed E-state index contributed by atoms with van der Waals surface area (Å²) in [6.07, 6.45) is 7.83. The molecule has 16 heavy (non-hydrogen) atoms. The van der Waals surface area contributed by atoms with Gasteiger partial charge in [-0.2, -0.15) is 0 Å². The summed E-state index contributed by atoms with van der Waals surface area (Å²) in [5.41, 5.74) is 0. The maximum Gasteiger partial charge on any atom is 0.471 e. The molecule has 0 aromatic rings. The first-order valence-electron chi connectivity index (χ1n) is 5.62. The Morgan fingerprint density at radius 1 is 1.25 bits per heavy atom. The molecule has 0 spiro atoms. The molecular formula is C10H19N2O3P. The van der Waals surface area contributed by atoms with Crippen molar-refractivity contribution in [3.05, 3.63) is 12.4 Å². The number of unbranched alkanes of at least 4 members (excludes halogenated alkanes) is 3. The quantitative estimate of drug-likeness (QED) is 0.510. The van der Waals surface area contributed by atoms with Gasteiger partial charge in [0.1, 0.15) is 0 Å². The van der Waals surface area contributed by atoms with Crippen LogP contribution in [-0.4, -0.2) is 29.7 Å². The minimum absolute atomic E-state index is 0.497. The van der Waals surface area contributed by atoms with Gasteiger partial charge in [-0.25, -0.2) is 13.7 Å². The first kappa shape index (κ1) is 13.3. The Morgan fingerprint density at radius 3 is 2.62 bits per heavy atom. The van der Waals surface area contributed by atoms with Crippen molar-refractivity contribution < 1.29 is 13.7 Å². The van der Waals surface area contributed by atoms with Crippen molar-refractivity contribution in [1.29, 1.82) is 0 Å². The second-order valence-electron chi connectivity index (χ2n) is 3.92. The Balaban J connectivity index is 2.36. The highest BCUT2D eigenvalue weighted by Gasteiger charge is 2.25. The molecule has 1 atom stereocenters. The summed E-state index contributed by atoms with van der Waals surface area (Å²) >= 11 is 0. The van der Waals surface area contributed by atoms with Gasteiger partial charge >= 0.3 is 7.91 Å². The highest BCUT2D eigenvalue weighted by molar-refractivity contribution is 7.24. The third-order valence-electron chi connectivity index (χ3n) is 2.58. The van der Waals surface area contributed by atoms with Crippen LogP contribution < -0.4 is 0 Å². The van der Waals surface area contributed by atoms with Crippen molar-refractivity contribution in [1.82, 2.24) is 9.80 Å². The molecule has 0 fully saturated rings. The summed E-state index contributed by atoms with van der Waals surface area (Å²) < 4.78 is 25.9. The first-order valence-corrected chi connectivity index (χ1v) is 6.72. The lowest BCUT2D eigenvalue weighted by Gasteiger charge is -2.27. The molecule has 0 radical (unpaired) electrons. The molecular weight excluding hydrogens is 227 g/mol. The molecule has 0 aromatic carbocycles. The lowest BCUT2D eigenvalue weighted by atomic mass is 10.2. The second kappa shape index (κ2) is 6.71. The van der Waals surface area contributed by atoms with E-state index in [-0.39, 0.29) is 0 Å². The fourth-order valence-corrected chi connectivity index (χ4v) is 2.11. The van der Waals surface area contributed by atoms with Gasteiger partial charge in [-0.15, -0.1) is 0 Å². The molecule has 1 unspecified atom stereocenters. The van der Waals surface area contributed by atoms with Crippen LogP contribution in [-0.2, 0) is 13.7 Å². The van der Waals surface area contributed by atoms with Gasteiger partial charge in [-0.05, 0) is 6.42 Å². The number of hydrogen-bond acceptors (Lipinski definition) is 5. The maximum atomic E-state index is 10.6. The van der Waals surface area contributed by atoms with Crippen LogP contribution in [0.4, 0.5) is 0 Å². The molecule has 0 saturated carbocycles. The van der Waals surface area contributed by atoms with Gasteiger partial charge < -0.3 is 9.80 Å². The lowest BCUT2D eigenvalue weighted by molar-refractivity contribution is -0.0107. The van der Waals surface area contributed by atoms with Crippen LogP contribution in [0.3, 0.4) is 0 Å². The summed E-state index contributed by atoms with van der Waals surface area (Å²) in [5.74, 6) is 0. The molecule has 0 aromatic heterocycles. The summed E-state index contributed by atoms with van der Waals surface area (Å²) in [7, 11) is -1.01. The maximum absolute atomic E-state index is 10.6. The molecule has 6 heteroatoms. The molecule has 1 aliphatic rings. The van der Waals surface area contributed by atoms with E-state index >= 15 is 0 Å². The van der Waals surface area contributed by atoms with Crippen molar-refractivity contribution >= 4 is 7.91 Å². The highest BCUT2D eigenvalue weighted by atomic mass is 31.1. The van der Waals surface area contributed by atoms with Gasteiger partial charge in [-0.3, -0.25) is 0 Å². The largest absolute Gasteiger partial charge is 0.471 e. The van der Waals surface area contributed by atoms with E-state index in [0.717, 1.165) is 13.0 Å². The average molecular weight is 246 g/mol. The minimum atomic E-state index is -2.81. The molecule has 0 amide bonds. The Morgan fingerprint density at radius 2 is 2.00 bits per heavy atom. The molecule has 1 aliphatic heterocycles. The van der Waals surface area contributed by atoms with Crippen LogP contribution in [0.5, 0.6) is 0 Å². The smallest absolute Gasteiger partial charge is 0.336 e. The van der Waals surface area contributed by atoms with Crippen LogP contribution in [0.25, 0.3) is 0 Å². The molecule has 92 valence electrons. The normalized spacial score (nSPS) is 19.5. The topological polar surface area (TPSA) is 49.9 Å². The molecule has 0 bridgehead atoms. The van der Waals surface area contributed by atoms with Crippen molar-refractivity contribution in [3.63, 3.8) is 0 Å². The van der Waals surface area contributed by atoms with Crippen molar-refractivity contribution in [3.8, 4) is 0 Å². The van der Waals surface area contributed by atoms with Crippen molar-refractivity contribution in [2.45, 2.75) is 39.0 Å². The summed E-state index contributed by atoms with van der Waals surface area (Å²) in [5, 5.41) is 0. The molecule has 1 heterocycles. The molecule has 0 aliphatic carbocycles. The zero-order chi connectivity index (χ0) is 12.0. The second-order valence-corrected chi connectivity index (χ2v) is 4.58.